The van der Waals surface area contributed by atoms with Crippen molar-refractivity contribution in [3.05, 3.63) is 101 Å². The molecule has 2 N–H and O–H groups in total. The molecular weight excluding hydrogens is 534 g/mol. The molecule has 4 aromatic rings. The number of hydrogen-bond donors (Lipinski definition) is 1. The average Bonchev–Trinajstić information content (AvgIpc) is 3.75. The fourth-order valence-electron chi connectivity index (χ4n) is 5.11. The summed E-state index contributed by atoms with van der Waals surface area (Å²) in [6.07, 6.45) is 3.93. The van der Waals surface area contributed by atoms with Crippen LogP contribution in [0.4, 0.5) is 11.4 Å². The maximum absolute atomic E-state index is 13.6. The van der Waals surface area contributed by atoms with E-state index < -0.39 is 11.4 Å². The zero-order chi connectivity index (χ0) is 28.4. The lowest BCUT2D eigenvalue weighted by atomic mass is 10.0. The zero-order valence-electron chi connectivity index (χ0n) is 23.2. The molecule has 1 saturated heterocycles. The van der Waals surface area contributed by atoms with E-state index in [-0.39, 0.29) is 11.0 Å². The van der Waals surface area contributed by atoms with E-state index in [9.17, 15) is 9.35 Å². The number of aromatic nitrogens is 2. The second-order valence-electron chi connectivity index (χ2n) is 11.1. The van der Waals surface area contributed by atoms with E-state index in [4.69, 9.17) is 10.5 Å². The normalized spacial score (nSPS) is 17.3. The third kappa shape index (κ3) is 5.98. The first-order valence-corrected chi connectivity index (χ1v) is 15.3. The van der Waals surface area contributed by atoms with Gasteiger partial charge in [-0.05, 0) is 30.5 Å². The van der Waals surface area contributed by atoms with Crippen molar-refractivity contribution in [2.75, 3.05) is 43.4 Å². The number of nitrogen functional groups attached to an aromatic ring is 1. The Morgan fingerprint density at radius 3 is 2.32 bits per heavy atom. The lowest BCUT2D eigenvalue weighted by Gasteiger charge is -2.36. The van der Waals surface area contributed by atoms with Crippen molar-refractivity contribution < 1.29 is 9.29 Å². The summed E-state index contributed by atoms with van der Waals surface area (Å²) in [6.45, 7) is 5.07. The summed E-state index contributed by atoms with van der Waals surface area (Å²) < 4.78 is 23.0. The molecular formula is C32H35N5O3S. The molecule has 1 aliphatic heterocycles. The minimum Gasteiger partial charge on any atom is -0.598 e. The van der Waals surface area contributed by atoms with Crippen LogP contribution in [0.25, 0.3) is 16.8 Å². The molecule has 2 aliphatic rings. The Morgan fingerprint density at radius 1 is 0.951 bits per heavy atom. The van der Waals surface area contributed by atoms with Gasteiger partial charge in [0.15, 0.2) is 5.75 Å². The van der Waals surface area contributed by atoms with Crippen molar-refractivity contribution >= 4 is 22.7 Å². The van der Waals surface area contributed by atoms with Crippen molar-refractivity contribution in [1.29, 1.82) is 0 Å². The smallest absolute Gasteiger partial charge is 0.316 e. The number of piperazine rings is 1. The van der Waals surface area contributed by atoms with Crippen molar-refractivity contribution in [3.8, 4) is 22.6 Å². The molecule has 3 aromatic carbocycles. The van der Waals surface area contributed by atoms with Crippen LogP contribution in [0.5, 0.6) is 5.75 Å². The van der Waals surface area contributed by atoms with Crippen molar-refractivity contribution in [1.82, 2.24) is 14.1 Å². The van der Waals surface area contributed by atoms with Gasteiger partial charge in [0.2, 0.25) is 5.75 Å². The highest BCUT2D eigenvalue weighted by atomic mass is 32.2. The van der Waals surface area contributed by atoms with Gasteiger partial charge in [0.05, 0.1) is 31.6 Å². The minimum atomic E-state index is -1.24. The number of anilines is 2. The third-order valence-electron chi connectivity index (χ3n) is 8.01. The highest BCUT2D eigenvalue weighted by molar-refractivity contribution is 7.88. The number of ether oxygens (including phenoxy) is 1. The summed E-state index contributed by atoms with van der Waals surface area (Å²) in [4.78, 5) is 15.7. The van der Waals surface area contributed by atoms with Crippen LogP contribution >= 0.6 is 0 Å². The van der Waals surface area contributed by atoms with Crippen LogP contribution in [-0.2, 0) is 17.1 Å². The summed E-state index contributed by atoms with van der Waals surface area (Å²) in [5.74, 6) is 0.686. The number of hydrogen-bond acceptors (Lipinski definition) is 7. The van der Waals surface area contributed by atoms with E-state index >= 15 is 0 Å². The summed E-state index contributed by atoms with van der Waals surface area (Å²) in [6, 6.07) is 25.3. The molecule has 2 heterocycles. The summed E-state index contributed by atoms with van der Waals surface area (Å²) in [7, 11) is 0. The lowest BCUT2D eigenvalue weighted by Crippen LogP contribution is -2.49. The molecule has 9 heteroatoms. The Hall–Kier alpha value is -3.79. The molecule has 41 heavy (non-hydrogen) atoms. The minimum absolute atomic E-state index is 0.125. The predicted octanol–water partition coefficient (Wildman–Crippen LogP) is 4.65. The van der Waals surface area contributed by atoms with Crippen LogP contribution in [0.15, 0.2) is 89.9 Å². The highest BCUT2D eigenvalue weighted by Gasteiger charge is 2.39. The Morgan fingerprint density at radius 2 is 1.63 bits per heavy atom. The molecule has 0 spiro atoms. The molecule has 6 rings (SSSR count). The fraction of sp³-hybridized carbons (Fsp3) is 0.312. The van der Waals surface area contributed by atoms with Gasteiger partial charge in [-0.3, -0.25) is 4.79 Å². The standard InChI is InChI=1S/C32H35N5O3S/c1-32(15-16-32)23-40-30-28(21-34-37(31(30)38)26-12-6-3-7-13-26)35-17-19-36(20-18-35)41(39)22-25-11-8-14-27(29(25)33)24-9-4-2-5-10-24/h2-14,21H,15-20,22-23,33H2,1H3. The Bertz CT molecular complexity index is 1550. The number of benzene rings is 3. The van der Waals surface area contributed by atoms with E-state index in [1.165, 1.54) is 4.68 Å². The number of nitrogens with zero attached hydrogens (tertiary/aromatic N) is 4. The van der Waals surface area contributed by atoms with Crippen LogP contribution in [0, 0.1) is 5.41 Å². The van der Waals surface area contributed by atoms with Crippen molar-refractivity contribution in [2.45, 2.75) is 25.5 Å². The molecule has 1 unspecified atom stereocenters. The molecule has 0 amide bonds. The predicted molar refractivity (Wildman–Crippen MR) is 165 cm³/mol. The van der Waals surface area contributed by atoms with Gasteiger partial charge in [0, 0.05) is 46.7 Å². The zero-order valence-corrected chi connectivity index (χ0v) is 24.1. The molecule has 1 aliphatic carbocycles. The van der Waals surface area contributed by atoms with E-state index in [1.807, 2.05) is 83.2 Å². The Balaban J connectivity index is 1.17. The summed E-state index contributed by atoms with van der Waals surface area (Å²) in [5.41, 5.74) is 11.3. The van der Waals surface area contributed by atoms with Gasteiger partial charge in [-0.15, -0.1) is 4.31 Å². The topological polar surface area (TPSA) is 99.7 Å². The summed E-state index contributed by atoms with van der Waals surface area (Å²) in [5, 5.41) is 4.49. The second-order valence-corrected chi connectivity index (χ2v) is 12.6. The van der Waals surface area contributed by atoms with Crippen LogP contribution in [0.2, 0.25) is 0 Å². The Kier molecular flexibility index (Phi) is 7.75. The molecule has 1 aromatic heterocycles. The van der Waals surface area contributed by atoms with Gasteiger partial charge in [0.25, 0.3) is 0 Å². The van der Waals surface area contributed by atoms with Gasteiger partial charge in [-0.2, -0.15) is 9.78 Å². The van der Waals surface area contributed by atoms with Crippen LogP contribution in [0.3, 0.4) is 0 Å². The first kappa shape index (κ1) is 27.4. The van der Waals surface area contributed by atoms with Gasteiger partial charge in [-0.25, -0.2) is 0 Å². The first-order valence-electron chi connectivity index (χ1n) is 14.0. The maximum atomic E-state index is 13.6. The molecule has 1 saturated carbocycles. The third-order valence-corrected chi connectivity index (χ3v) is 9.51. The molecule has 1 atom stereocenters. The van der Waals surface area contributed by atoms with Gasteiger partial charge in [-0.1, -0.05) is 73.7 Å². The van der Waals surface area contributed by atoms with Gasteiger partial charge in [0.1, 0.15) is 5.69 Å². The van der Waals surface area contributed by atoms with Crippen LogP contribution in [-0.4, -0.2) is 51.4 Å². The lowest BCUT2D eigenvalue weighted by molar-refractivity contribution is 0.242. The number of nitrogens with two attached hydrogens (primary N) is 1. The monoisotopic (exact) mass is 569 g/mol. The molecule has 2 fully saturated rings. The van der Waals surface area contributed by atoms with Crippen LogP contribution in [0.1, 0.15) is 25.3 Å². The van der Waals surface area contributed by atoms with E-state index in [2.05, 4.69) is 16.9 Å². The highest BCUT2D eigenvalue weighted by Crippen LogP contribution is 2.45. The molecule has 0 bridgehead atoms. The van der Waals surface area contributed by atoms with Crippen LogP contribution < -0.4 is 20.9 Å². The van der Waals surface area contributed by atoms with E-state index in [0.717, 1.165) is 29.5 Å². The average molecular weight is 570 g/mol. The fourth-order valence-corrected chi connectivity index (χ4v) is 6.38. The maximum Gasteiger partial charge on any atom is 0.316 e. The first-order chi connectivity index (χ1) is 19.9. The van der Waals surface area contributed by atoms with Gasteiger partial charge < -0.3 is 19.9 Å². The van der Waals surface area contributed by atoms with E-state index in [1.54, 1.807) is 6.20 Å². The molecule has 0 radical (unpaired) electrons. The summed E-state index contributed by atoms with van der Waals surface area (Å²) >= 11 is -1.24. The van der Waals surface area contributed by atoms with E-state index in [0.29, 0.717) is 61.4 Å². The van der Waals surface area contributed by atoms with Crippen molar-refractivity contribution in [2.24, 2.45) is 5.41 Å². The number of rotatable bonds is 9. The number of para-hydroxylation sites is 2. The van der Waals surface area contributed by atoms with Gasteiger partial charge >= 0.3 is 5.56 Å². The Labute approximate surface area is 243 Å². The SMILES string of the molecule is CC1(COc2c(N3CCN([S+]([O-])Cc4cccc(-c5ccccc5)c4N)CC3)cnn(-c3ccccc3)c2=O)CC1. The second kappa shape index (κ2) is 11.6. The largest absolute Gasteiger partial charge is 0.598 e. The van der Waals surface area contributed by atoms with Crippen molar-refractivity contribution in [3.63, 3.8) is 0 Å². The quantitative estimate of drug-likeness (QED) is 0.231. The molecule has 212 valence electrons. The molecule has 8 nitrogen and oxygen atoms in total.